The highest BCUT2D eigenvalue weighted by Crippen LogP contribution is 2.26. The summed E-state index contributed by atoms with van der Waals surface area (Å²) in [5, 5.41) is 5.30. The molecule has 0 aliphatic carbocycles. The van der Waals surface area contributed by atoms with Gasteiger partial charge < -0.3 is 25.0 Å². The van der Waals surface area contributed by atoms with Crippen molar-refractivity contribution in [1.29, 1.82) is 0 Å². The topological polar surface area (TPSA) is 114 Å². The summed E-state index contributed by atoms with van der Waals surface area (Å²) in [4.78, 5) is 51.9. The molecule has 190 valence electrons. The quantitative estimate of drug-likeness (QED) is 0.501. The van der Waals surface area contributed by atoms with Crippen LogP contribution >= 0.6 is 0 Å². The molecule has 0 aliphatic heterocycles. The maximum Gasteiger partial charge on any atom is 0.408 e. The van der Waals surface area contributed by atoms with Crippen LogP contribution in [0.25, 0.3) is 0 Å². The van der Waals surface area contributed by atoms with Crippen molar-refractivity contribution < 1.29 is 28.7 Å². The average molecular weight is 478 g/mol. The summed E-state index contributed by atoms with van der Waals surface area (Å²) < 4.78 is 10.2. The molecular weight excluding hydrogens is 438 g/mol. The fraction of sp³-hybridized carbons (Fsp3) is 0.600. The van der Waals surface area contributed by atoms with Gasteiger partial charge in [-0.3, -0.25) is 14.4 Å². The normalized spacial score (nSPS) is 12.8. The van der Waals surface area contributed by atoms with Crippen LogP contribution in [-0.4, -0.2) is 60.1 Å². The number of nitrogens with zero attached hydrogens (tertiary/aromatic N) is 1. The monoisotopic (exact) mass is 477 g/mol. The smallest absolute Gasteiger partial charge is 0.408 e. The van der Waals surface area contributed by atoms with E-state index < -0.39 is 41.6 Å². The van der Waals surface area contributed by atoms with Crippen LogP contribution in [0.15, 0.2) is 18.2 Å². The first-order chi connectivity index (χ1) is 15.8. The van der Waals surface area contributed by atoms with Gasteiger partial charge in [0.25, 0.3) is 0 Å². The molecule has 9 nitrogen and oxygen atoms in total. The number of rotatable bonds is 10. The third kappa shape index (κ3) is 9.03. The molecule has 2 unspecified atom stereocenters. The first-order valence-electron chi connectivity index (χ1n) is 11.6. The van der Waals surface area contributed by atoms with E-state index in [1.807, 2.05) is 32.0 Å². The Bertz CT molecular complexity index is 878. The summed E-state index contributed by atoms with van der Waals surface area (Å²) in [5.41, 5.74) is 1.74. The molecule has 0 aliphatic rings. The Morgan fingerprint density at radius 2 is 1.74 bits per heavy atom. The molecular formula is C25H39N3O6. The highest BCUT2D eigenvalue weighted by molar-refractivity contribution is 5.92. The number of amides is 3. The molecule has 0 spiro atoms. The number of likely N-dealkylation sites (N-methyl/N-ethyl adjacent to an activating group) is 1. The van der Waals surface area contributed by atoms with Gasteiger partial charge in [0, 0.05) is 13.1 Å². The third-order valence-corrected chi connectivity index (χ3v) is 4.95. The minimum Gasteiger partial charge on any atom is -0.466 e. The van der Waals surface area contributed by atoms with Crippen LogP contribution in [0.3, 0.4) is 0 Å². The second kappa shape index (κ2) is 13.0. The van der Waals surface area contributed by atoms with Crippen molar-refractivity contribution in [3.05, 3.63) is 34.9 Å². The number of esters is 1. The van der Waals surface area contributed by atoms with Gasteiger partial charge in [0.1, 0.15) is 17.7 Å². The SMILES string of the molecule is CCOC(=O)CCNC(=O)C(c1cc(C)ccc1C)N(CC)C(=O)C(C)NC(=O)OC(C)(C)C. The van der Waals surface area contributed by atoms with Crippen molar-refractivity contribution in [1.82, 2.24) is 15.5 Å². The minimum absolute atomic E-state index is 0.0236. The minimum atomic E-state index is -0.942. The molecule has 0 heterocycles. The summed E-state index contributed by atoms with van der Waals surface area (Å²) >= 11 is 0. The van der Waals surface area contributed by atoms with E-state index in [0.717, 1.165) is 11.1 Å². The number of carbonyl (C=O) groups is 4. The lowest BCUT2D eigenvalue weighted by Crippen LogP contribution is -2.52. The van der Waals surface area contributed by atoms with Crippen molar-refractivity contribution in [2.45, 2.75) is 79.5 Å². The molecule has 0 saturated carbocycles. The summed E-state index contributed by atoms with van der Waals surface area (Å²) in [6.45, 7) is 14.6. The van der Waals surface area contributed by atoms with Gasteiger partial charge in [-0.2, -0.15) is 0 Å². The van der Waals surface area contributed by atoms with E-state index >= 15 is 0 Å². The van der Waals surface area contributed by atoms with Gasteiger partial charge in [0.15, 0.2) is 0 Å². The van der Waals surface area contributed by atoms with Crippen molar-refractivity contribution in [2.24, 2.45) is 0 Å². The van der Waals surface area contributed by atoms with Crippen molar-refractivity contribution in [2.75, 3.05) is 19.7 Å². The molecule has 0 aromatic heterocycles. The molecule has 3 amide bonds. The van der Waals surface area contributed by atoms with Crippen molar-refractivity contribution in [3.63, 3.8) is 0 Å². The number of carbonyl (C=O) groups excluding carboxylic acids is 4. The van der Waals surface area contributed by atoms with Crippen LogP contribution in [0.2, 0.25) is 0 Å². The number of ether oxygens (including phenoxy) is 2. The molecule has 1 aromatic carbocycles. The molecule has 1 rings (SSSR count). The van der Waals surface area contributed by atoms with Gasteiger partial charge in [-0.05, 0) is 66.5 Å². The maximum atomic E-state index is 13.4. The van der Waals surface area contributed by atoms with Gasteiger partial charge in [0.2, 0.25) is 11.8 Å². The Labute approximate surface area is 202 Å². The summed E-state index contributed by atoms with van der Waals surface area (Å²) in [5.74, 6) is -1.26. The van der Waals surface area contributed by atoms with Crippen LogP contribution in [0, 0.1) is 13.8 Å². The van der Waals surface area contributed by atoms with Gasteiger partial charge in [-0.1, -0.05) is 23.8 Å². The number of hydrogen-bond donors (Lipinski definition) is 2. The largest absolute Gasteiger partial charge is 0.466 e. The van der Waals surface area contributed by atoms with Crippen LogP contribution in [0.4, 0.5) is 4.79 Å². The van der Waals surface area contributed by atoms with E-state index in [-0.39, 0.29) is 26.1 Å². The lowest BCUT2D eigenvalue weighted by atomic mass is 9.96. The van der Waals surface area contributed by atoms with Crippen LogP contribution < -0.4 is 10.6 Å². The molecule has 0 radical (unpaired) electrons. The van der Waals surface area contributed by atoms with E-state index in [0.29, 0.717) is 5.56 Å². The summed E-state index contributed by atoms with van der Waals surface area (Å²) in [6.07, 6.45) is -0.693. The fourth-order valence-electron chi connectivity index (χ4n) is 3.38. The Balaban J connectivity index is 3.18. The molecule has 2 atom stereocenters. The lowest BCUT2D eigenvalue weighted by molar-refractivity contribution is -0.144. The molecule has 9 heteroatoms. The van der Waals surface area contributed by atoms with Gasteiger partial charge in [0.05, 0.1) is 13.0 Å². The highest BCUT2D eigenvalue weighted by Gasteiger charge is 2.34. The first kappa shape index (κ1) is 28.9. The zero-order chi connectivity index (χ0) is 26.1. The van der Waals surface area contributed by atoms with E-state index in [2.05, 4.69) is 10.6 Å². The predicted octanol–water partition coefficient (Wildman–Crippen LogP) is 3.18. The number of hydrogen-bond acceptors (Lipinski definition) is 6. The van der Waals surface area contributed by atoms with E-state index in [9.17, 15) is 19.2 Å². The molecule has 1 aromatic rings. The number of benzene rings is 1. The third-order valence-electron chi connectivity index (χ3n) is 4.95. The Morgan fingerprint density at radius 3 is 2.29 bits per heavy atom. The van der Waals surface area contributed by atoms with Crippen molar-refractivity contribution >= 4 is 23.9 Å². The molecule has 0 saturated heterocycles. The molecule has 0 bridgehead atoms. The first-order valence-corrected chi connectivity index (χ1v) is 11.6. The van der Waals surface area contributed by atoms with Crippen LogP contribution in [-0.2, 0) is 23.9 Å². The van der Waals surface area contributed by atoms with Gasteiger partial charge >= 0.3 is 12.1 Å². The zero-order valence-electron chi connectivity index (χ0n) is 21.6. The number of aryl methyl sites for hydroxylation is 2. The number of nitrogens with one attached hydrogen (secondary N) is 2. The molecule has 2 N–H and O–H groups in total. The predicted molar refractivity (Wildman–Crippen MR) is 129 cm³/mol. The summed E-state index contributed by atoms with van der Waals surface area (Å²) in [7, 11) is 0. The fourth-order valence-corrected chi connectivity index (χ4v) is 3.38. The maximum absolute atomic E-state index is 13.4. The Kier molecular flexibility index (Phi) is 11.0. The average Bonchev–Trinajstić information content (AvgIpc) is 2.72. The lowest BCUT2D eigenvalue weighted by Gasteiger charge is -2.33. The standard InChI is InChI=1S/C25H39N3O6/c1-9-28(23(31)18(5)27-24(32)34-25(6,7)8)21(19-15-16(3)11-12-17(19)4)22(30)26-14-13-20(29)33-10-2/h11-12,15,18,21H,9-10,13-14H2,1-8H3,(H,26,30)(H,27,32). The van der Waals surface area contributed by atoms with Gasteiger partial charge in [-0.15, -0.1) is 0 Å². The molecule has 0 fully saturated rings. The second-order valence-electron chi connectivity index (χ2n) is 9.10. The zero-order valence-corrected chi connectivity index (χ0v) is 21.6. The van der Waals surface area contributed by atoms with Crippen molar-refractivity contribution in [3.8, 4) is 0 Å². The van der Waals surface area contributed by atoms with Crippen LogP contribution in [0.5, 0.6) is 0 Å². The van der Waals surface area contributed by atoms with Gasteiger partial charge in [-0.25, -0.2) is 4.79 Å². The van der Waals surface area contributed by atoms with Crippen LogP contribution in [0.1, 0.15) is 70.7 Å². The Hall–Kier alpha value is -3.10. The van der Waals surface area contributed by atoms with E-state index in [4.69, 9.17) is 9.47 Å². The number of alkyl carbamates (subject to hydrolysis) is 1. The van der Waals surface area contributed by atoms with E-state index in [1.54, 1.807) is 41.5 Å². The molecule has 34 heavy (non-hydrogen) atoms. The van der Waals surface area contributed by atoms with E-state index in [1.165, 1.54) is 4.90 Å². The highest BCUT2D eigenvalue weighted by atomic mass is 16.6. The summed E-state index contributed by atoms with van der Waals surface area (Å²) in [6, 6.07) is 3.83. The Morgan fingerprint density at radius 1 is 1.09 bits per heavy atom. The second-order valence-corrected chi connectivity index (χ2v) is 9.10.